The van der Waals surface area contributed by atoms with Gasteiger partial charge in [-0.05, 0) is 83.8 Å². The number of aliphatic hydroxyl groups is 1. The highest BCUT2D eigenvalue weighted by Crippen LogP contribution is 2.43. The number of halogens is 2. The smallest absolute Gasteiger partial charge is 0.319 e. The molecule has 9 rings (SSSR count). The van der Waals surface area contributed by atoms with E-state index in [-0.39, 0.29) is 105 Å². The number of aliphatic hydroxyl groups excluding tert-OH is 1. The average Bonchev–Trinajstić information content (AvgIpc) is 3.26. The number of nitrogens with one attached hydrogen (secondary N) is 2. The number of benzene rings is 4. The van der Waals surface area contributed by atoms with Gasteiger partial charge in [-0.15, -0.1) is 11.3 Å². The number of hydrogen-bond acceptors (Lipinski definition) is 16. The third-order valence-electron chi connectivity index (χ3n) is 15.6. The molecule has 0 spiro atoms. The van der Waals surface area contributed by atoms with Crippen molar-refractivity contribution in [1.82, 2.24) is 40.3 Å². The zero-order valence-electron chi connectivity index (χ0n) is 47.3. The largest absolute Gasteiger partial charge is 0.508 e. The van der Waals surface area contributed by atoms with Crippen molar-refractivity contribution in [2.24, 2.45) is 5.41 Å². The van der Waals surface area contributed by atoms with E-state index in [1.807, 2.05) is 88.0 Å². The van der Waals surface area contributed by atoms with E-state index in [1.165, 1.54) is 17.0 Å². The molecule has 2 aromatic heterocycles. The molecule has 3 saturated heterocycles. The number of piperidine rings is 1. The standard InChI is InChI=1S/C61H70ClFN10O9S/c1-7-51(77)72-23-22-71(32-41(72)16-19-64)57-47-31-48(62)52(46-29-42(74)28-40-10-8-9-11-45(40)46)53(63)54(47)68-60(69-57)82-25-24-70-20-17-44(18-21-70)81-27-26-80-34-50(76)67-56(61(4,5)6)59(79)73-33-43(75)30-49(73)58(78)66-36(2)38-12-14-39(15-13-38)55-37(3)65-35-83-55/h7-15,28-29,31,35-36,41,43-44,49,56,74-75H,1,16-18,20-27,30,32-34H2,2-6H3,(H,66,78)(H,67,76)/t36-,41-,43-,49-,56+/m0/s1. The Morgan fingerprint density at radius 3 is 2.45 bits per heavy atom. The highest BCUT2D eigenvalue weighted by Gasteiger charge is 2.45. The maximum Gasteiger partial charge on any atom is 0.319 e. The van der Waals surface area contributed by atoms with Crippen LogP contribution in [-0.2, 0) is 28.7 Å². The van der Waals surface area contributed by atoms with Gasteiger partial charge in [0.25, 0.3) is 0 Å². The second kappa shape index (κ2) is 26.5. The van der Waals surface area contributed by atoms with E-state index >= 15 is 4.39 Å². The Hall–Kier alpha value is -7.32. The van der Waals surface area contributed by atoms with Crippen LogP contribution in [0.1, 0.15) is 70.7 Å². The molecule has 5 heterocycles. The maximum absolute atomic E-state index is 17.2. The molecular formula is C61H70ClFN10O9S. The third-order valence-corrected chi connectivity index (χ3v) is 16.8. The normalized spacial score (nSPS) is 18.7. The average molecular weight is 1170 g/mol. The SMILES string of the molecule is C=CC(=O)N1CCN(c2nc(OCCN3CCC(OCCOCC(=O)N[C@H](C(=O)N4C[C@@H](O)C[C@H]4C(=O)N[C@@H](C)c4ccc(-c5scnc5C)cc4)C(C)(C)C)CC3)nc3c(F)c(-c4cc(O)cc5ccccc45)c(Cl)cc23)C[C@@H]1CC#N. The summed E-state index contributed by atoms with van der Waals surface area (Å²) in [6, 6.07) is 19.1. The Bertz CT molecular complexity index is 3400. The minimum atomic E-state index is -1.01. The van der Waals surface area contributed by atoms with Crippen LogP contribution < -0.4 is 20.3 Å². The number of amides is 4. The van der Waals surface area contributed by atoms with E-state index in [1.54, 1.807) is 33.9 Å². The summed E-state index contributed by atoms with van der Waals surface area (Å²) in [5, 5.41) is 38.7. The van der Waals surface area contributed by atoms with Crippen molar-refractivity contribution in [3.63, 3.8) is 0 Å². The molecule has 0 bridgehead atoms. The van der Waals surface area contributed by atoms with E-state index in [9.17, 15) is 34.7 Å². The molecule has 0 aliphatic carbocycles. The first-order valence-electron chi connectivity index (χ1n) is 27.9. The lowest BCUT2D eigenvalue weighted by Crippen LogP contribution is -2.58. The number of rotatable bonds is 20. The van der Waals surface area contributed by atoms with Gasteiger partial charge in [0.05, 0.1) is 71.1 Å². The lowest BCUT2D eigenvalue weighted by atomic mass is 9.85. The monoisotopic (exact) mass is 1170 g/mol. The number of aryl methyl sites for hydroxylation is 1. The van der Waals surface area contributed by atoms with Gasteiger partial charge >= 0.3 is 6.01 Å². The Kier molecular flexibility index (Phi) is 19.2. The van der Waals surface area contributed by atoms with Gasteiger partial charge in [-0.3, -0.25) is 24.1 Å². The number of carbonyl (C=O) groups excluding carboxylic acids is 4. The highest BCUT2D eigenvalue weighted by molar-refractivity contribution is 7.13. The van der Waals surface area contributed by atoms with Crippen LogP contribution in [0.2, 0.25) is 5.02 Å². The number of hydrogen-bond donors (Lipinski definition) is 4. The molecule has 0 radical (unpaired) electrons. The number of fused-ring (bicyclic) bond motifs is 2. The summed E-state index contributed by atoms with van der Waals surface area (Å²) in [7, 11) is 0. The van der Waals surface area contributed by atoms with Gasteiger partial charge in [-0.1, -0.05) is 87.5 Å². The molecule has 83 heavy (non-hydrogen) atoms. The topological polar surface area (TPSA) is 236 Å². The summed E-state index contributed by atoms with van der Waals surface area (Å²) < 4.78 is 35.3. The van der Waals surface area contributed by atoms with Crippen molar-refractivity contribution in [3.05, 3.63) is 107 Å². The predicted molar refractivity (Wildman–Crippen MR) is 315 cm³/mol. The molecule has 22 heteroatoms. The van der Waals surface area contributed by atoms with E-state index < -0.39 is 53.2 Å². The highest BCUT2D eigenvalue weighted by atomic mass is 35.5. The maximum atomic E-state index is 17.2. The van der Waals surface area contributed by atoms with Crippen LogP contribution in [0.15, 0.2) is 84.9 Å². The lowest BCUT2D eigenvalue weighted by Gasteiger charge is -2.41. The Labute approximate surface area is 491 Å². The third kappa shape index (κ3) is 14.0. The Morgan fingerprint density at radius 1 is 0.976 bits per heavy atom. The molecule has 438 valence electrons. The van der Waals surface area contributed by atoms with Crippen molar-refractivity contribution >= 4 is 74.1 Å². The van der Waals surface area contributed by atoms with Crippen LogP contribution in [0.25, 0.3) is 43.2 Å². The number of likely N-dealkylation sites (tertiary alicyclic amines) is 2. The fourth-order valence-corrected chi connectivity index (χ4v) is 12.3. The first-order valence-corrected chi connectivity index (χ1v) is 29.2. The zero-order chi connectivity index (χ0) is 59.1. The Balaban J connectivity index is 0.759. The molecule has 0 unspecified atom stereocenters. The summed E-state index contributed by atoms with van der Waals surface area (Å²) in [5.41, 5.74) is 4.31. The number of carbonyl (C=O) groups is 4. The number of phenolic OH excluding ortho intramolecular Hbond substituents is 1. The molecule has 3 aliphatic rings. The van der Waals surface area contributed by atoms with Crippen LogP contribution in [0, 0.1) is 29.5 Å². The fourth-order valence-electron chi connectivity index (χ4n) is 11.2. The van der Waals surface area contributed by atoms with E-state index in [4.69, 9.17) is 30.8 Å². The lowest BCUT2D eigenvalue weighted by molar-refractivity contribution is -0.144. The predicted octanol–water partition coefficient (Wildman–Crippen LogP) is 7.74. The van der Waals surface area contributed by atoms with Crippen molar-refractivity contribution in [3.8, 4) is 39.4 Å². The number of nitriles is 1. The number of ether oxygens (including phenoxy) is 3. The summed E-state index contributed by atoms with van der Waals surface area (Å²) in [5.74, 6) is -2.12. The first-order chi connectivity index (χ1) is 39.8. The van der Waals surface area contributed by atoms with E-state index in [0.717, 1.165) is 34.5 Å². The van der Waals surface area contributed by atoms with Gasteiger partial charge in [0, 0.05) is 63.2 Å². The molecule has 4 amide bonds. The van der Waals surface area contributed by atoms with Gasteiger partial charge in [0.1, 0.15) is 42.4 Å². The number of aromatic nitrogens is 3. The summed E-state index contributed by atoms with van der Waals surface area (Å²) in [6.07, 6.45) is 1.82. The fraction of sp³-hybridized carbons (Fsp3) is 0.443. The number of phenols is 1. The molecule has 5 atom stereocenters. The number of thiazole rings is 1. The number of anilines is 1. The van der Waals surface area contributed by atoms with Gasteiger partial charge in [0.2, 0.25) is 23.6 Å². The molecule has 3 fully saturated rings. The molecule has 6 aromatic rings. The summed E-state index contributed by atoms with van der Waals surface area (Å²) in [4.78, 5) is 75.9. The first kappa shape index (κ1) is 60.3. The van der Waals surface area contributed by atoms with Crippen LogP contribution >= 0.6 is 22.9 Å². The number of aromatic hydroxyl groups is 1. The van der Waals surface area contributed by atoms with Crippen molar-refractivity contribution < 1.29 is 48.0 Å². The zero-order valence-corrected chi connectivity index (χ0v) is 48.8. The van der Waals surface area contributed by atoms with Crippen LogP contribution in [-0.4, -0.2) is 166 Å². The Morgan fingerprint density at radius 2 is 1.73 bits per heavy atom. The van der Waals surface area contributed by atoms with Gasteiger partial charge in [0.15, 0.2) is 5.82 Å². The molecular weight excluding hydrogens is 1100 g/mol. The molecule has 4 aromatic carbocycles. The molecule has 19 nitrogen and oxygen atoms in total. The second-order valence-corrected chi connectivity index (χ2v) is 23.6. The van der Waals surface area contributed by atoms with Crippen LogP contribution in [0.4, 0.5) is 10.2 Å². The summed E-state index contributed by atoms with van der Waals surface area (Å²) in [6.45, 7) is 15.8. The molecule has 3 aliphatic heterocycles. The minimum absolute atomic E-state index is 0.0474. The van der Waals surface area contributed by atoms with Crippen molar-refractivity contribution in [2.45, 2.75) is 96.7 Å². The van der Waals surface area contributed by atoms with E-state index in [2.05, 4.69) is 38.1 Å². The number of piperazine rings is 1. The molecule has 0 saturated carbocycles. The quantitative estimate of drug-likeness (QED) is 0.0423. The van der Waals surface area contributed by atoms with E-state index in [0.29, 0.717) is 53.7 Å². The molecule has 4 N–H and O–H groups in total. The van der Waals surface area contributed by atoms with Gasteiger partial charge in [-0.2, -0.15) is 15.2 Å². The summed E-state index contributed by atoms with van der Waals surface area (Å²) >= 11 is 8.51. The van der Waals surface area contributed by atoms with Crippen molar-refractivity contribution in [2.75, 3.05) is 77.1 Å². The van der Waals surface area contributed by atoms with Crippen molar-refractivity contribution in [1.29, 1.82) is 5.26 Å². The van der Waals surface area contributed by atoms with Crippen LogP contribution in [0.5, 0.6) is 11.8 Å². The number of β-amino-alcohol motifs (C(OH)–C–C–N with tert-alkyl or cyclic N) is 1. The van der Waals surface area contributed by atoms with Gasteiger partial charge < -0.3 is 49.8 Å². The van der Waals surface area contributed by atoms with Gasteiger partial charge in [-0.25, -0.2) is 9.37 Å². The minimum Gasteiger partial charge on any atom is -0.508 e. The number of nitrogens with zero attached hydrogens (tertiary/aromatic N) is 8. The second-order valence-electron chi connectivity index (χ2n) is 22.4. The van der Waals surface area contributed by atoms with Crippen LogP contribution in [0.3, 0.4) is 0 Å².